The summed E-state index contributed by atoms with van der Waals surface area (Å²) < 4.78 is 0. The van der Waals surface area contributed by atoms with E-state index in [1.54, 1.807) is 0 Å². The van der Waals surface area contributed by atoms with Crippen molar-refractivity contribution in [1.29, 1.82) is 0 Å². The molecule has 0 saturated carbocycles. The molecule has 0 aromatic heterocycles. The Labute approximate surface area is 131 Å². The Morgan fingerprint density at radius 2 is 1.95 bits per heavy atom. The van der Waals surface area contributed by atoms with Crippen molar-refractivity contribution in [2.75, 3.05) is 18.4 Å². The van der Waals surface area contributed by atoms with Crippen LogP contribution in [-0.2, 0) is 6.54 Å². The number of likely N-dealkylation sites (tertiary alicyclic amines) is 1. The minimum Gasteiger partial charge on any atom is -0.380 e. The van der Waals surface area contributed by atoms with Crippen molar-refractivity contribution < 1.29 is 0 Å². The zero-order valence-electron chi connectivity index (χ0n) is 12.3. The van der Waals surface area contributed by atoms with Gasteiger partial charge in [0.1, 0.15) is 0 Å². The molecule has 0 spiro atoms. The monoisotopic (exact) mass is 300 g/mol. The molecular formula is C18H21ClN2. The molecule has 1 unspecified atom stereocenters. The van der Waals surface area contributed by atoms with Crippen LogP contribution in [0.5, 0.6) is 0 Å². The third kappa shape index (κ3) is 3.58. The van der Waals surface area contributed by atoms with Crippen molar-refractivity contribution in [3.8, 4) is 0 Å². The van der Waals surface area contributed by atoms with Gasteiger partial charge in [0, 0.05) is 25.7 Å². The van der Waals surface area contributed by atoms with Crippen molar-refractivity contribution in [3.05, 3.63) is 64.7 Å². The first-order valence-corrected chi connectivity index (χ1v) is 7.88. The lowest BCUT2D eigenvalue weighted by atomic mass is 10.1. The van der Waals surface area contributed by atoms with Crippen LogP contribution < -0.4 is 5.32 Å². The van der Waals surface area contributed by atoms with Gasteiger partial charge in [0.15, 0.2) is 0 Å². The van der Waals surface area contributed by atoms with Gasteiger partial charge in [0.05, 0.1) is 10.7 Å². The minimum absolute atomic E-state index is 0.479. The predicted octanol–water partition coefficient (Wildman–Crippen LogP) is 4.33. The fourth-order valence-electron chi connectivity index (χ4n) is 2.95. The number of halogens is 1. The summed E-state index contributed by atoms with van der Waals surface area (Å²) in [7, 11) is 0. The number of anilines is 1. The van der Waals surface area contributed by atoms with E-state index in [-0.39, 0.29) is 0 Å². The van der Waals surface area contributed by atoms with Gasteiger partial charge in [-0.1, -0.05) is 54.1 Å². The van der Waals surface area contributed by atoms with Gasteiger partial charge in [0.2, 0.25) is 0 Å². The molecule has 1 N–H and O–H groups in total. The van der Waals surface area contributed by atoms with Crippen LogP contribution >= 0.6 is 11.6 Å². The van der Waals surface area contributed by atoms with E-state index in [4.69, 9.17) is 11.6 Å². The van der Waals surface area contributed by atoms with E-state index in [0.29, 0.717) is 6.04 Å². The standard InChI is InChI=1S/C18H21ClN2/c1-14-6-5-9-17(19)18(14)20-16-10-11-21(13-16)12-15-7-3-2-4-8-15/h2-9,16,20H,10-13H2,1H3. The van der Waals surface area contributed by atoms with Crippen LogP contribution in [0.4, 0.5) is 5.69 Å². The lowest BCUT2D eigenvalue weighted by Gasteiger charge is -2.19. The molecule has 1 aliphatic rings. The number of nitrogens with zero attached hydrogens (tertiary/aromatic N) is 1. The predicted molar refractivity (Wildman–Crippen MR) is 89.9 cm³/mol. The Hall–Kier alpha value is -1.51. The number of nitrogens with one attached hydrogen (secondary N) is 1. The summed E-state index contributed by atoms with van der Waals surface area (Å²) in [4.78, 5) is 2.50. The van der Waals surface area contributed by atoms with Crippen LogP contribution in [0.2, 0.25) is 5.02 Å². The molecule has 0 radical (unpaired) electrons. The van der Waals surface area contributed by atoms with Crippen LogP contribution in [0.15, 0.2) is 48.5 Å². The third-order valence-corrected chi connectivity index (χ3v) is 4.41. The molecule has 0 amide bonds. The maximum Gasteiger partial charge on any atom is 0.0640 e. The van der Waals surface area contributed by atoms with Gasteiger partial charge in [-0.25, -0.2) is 0 Å². The maximum absolute atomic E-state index is 6.30. The zero-order chi connectivity index (χ0) is 14.7. The average molecular weight is 301 g/mol. The summed E-state index contributed by atoms with van der Waals surface area (Å²) >= 11 is 6.30. The third-order valence-electron chi connectivity index (χ3n) is 4.09. The number of hydrogen-bond acceptors (Lipinski definition) is 2. The minimum atomic E-state index is 0.479. The molecular weight excluding hydrogens is 280 g/mol. The summed E-state index contributed by atoms with van der Waals surface area (Å²) in [5.41, 5.74) is 3.68. The van der Waals surface area contributed by atoms with Gasteiger partial charge in [-0.2, -0.15) is 0 Å². The van der Waals surface area contributed by atoms with E-state index >= 15 is 0 Å². The van der Waals surface area contributed by atoms with Crippen molar-refractivity contribution in [1.82, 2.24) is 4.90 Å². The number of hydrogen-bond donors (Lipinski definition) is 1. The first kappa shape index (κ1) is 14.4. The van der Waals surface area contributed by atoms with E-state index in [1.807, 2.05) is 12.1 Å². The fraction of sp³-hybridized carbons (Fsp3) is 0.333. The Kier molecular flexibility index (Phi) is 4.47. The molecule has 1 aliphatic heterocycles. The van der Waals surface area contributed by atoms with Crippen molar-refractivity contribution in [2.45, 2.75) is 25.9 Å². The first-order chi connectivity index (χ1) is 10.2. The summed E-state index contributed by atoms with van der Waals surface area (Å²) in [6, 6.07) is 17.2. The zero-order valence-corrected chi connectivity index (χ0v) is 13.1. The Bertz CT molecular complexity index is 577. The molecule has 21 heavy (non-hydrogen) atoms. The van der Waals surface area contributed by atoms with Crippen LogP contribution in [0.25, 0.3) is 0 Å². The van der Waals surface area contributed by atoms with Crippen molar-refractivity contribution in [2.24, 2.45) is 0 Å². The first-order valence-electron chi connectivity index (χ1n) is 7.50. The fourth-order valence-corrected chi connectivity index (χ4v) is 3.23. The Morgan fingerprint density at radius 1 is 1.14 bits per heavy atom. The quantitative estimate of drug-likeness (QED) is 0.904. The van der Waals surface area contributed by atoms with Gasteiger partial charge in [-0.05, 0) is 30.5 Å². The molecule has 110 valence electrons. The van der Waals surface area contributed by atoms with Gasteiger partial charge < -0.3 is 5.32 Å². The lowest BCUT2D eigenvalue weighted by Crippen LogP contribution is -2.26. The molecule has 1 atom stereocenters. The number of benzene rings is 2. The highest BCUT2D eigenvalue weighted by atomic mass is 35.5. The molecule has 2 aromatic carbocycles. The summed E-state index contributed by atoms with van der Waals surface area (Å²) in [6.45, 7) is 5.33. The summed E-state index contributed by atoms with van der Waals surface area (Å²) in [6.07, 6.45) is 1.16. The Morgan fingerprint density at radius 3 is 2.71 bits per heavy atom. The van der Waals surface area contributed by atoms with Gasteiger partial charge >= 0.3 is 0 Å². The van der Waals surface area contributed by atoms with Gasteiger partial charge in [0.25, 0.3) is 0 Å². The second kappa shape index (κ2) is 6.50. The molecule has 3 heteroatoms. The van der Waals surface area contributed by atoms with E-state index in [9.17, 15) is 0 Å². The SMILES string of the molecule is Cc1cccc(Cl)c1NC1CCN(Cc2ccccc2)C1. The number of para-hydroxylation sites is 1. The lowest BCUT2D eigenvalue weighted by molar-refractivity contribution is 0.328. The van der Waals surface area contributed by atoms with E-state index in [1.165, 1.54) is 11.1 Å². The second-order valence-corrected chi connectivity index (χ2v) is 6.19. The average Bonchev–Trinajstić information content (AvgIpc) is 2.91. The normalized spacial score (nSPS) is 18.9. The highest BCUT2D eigenvalue weighted by Gasteiger charge is 2.23. The Balaban J connectivity index is 1.60. The number of aryl methyl sites for hydroxylation is 1. The molecule has 0 aliphatic carbocycles. The van der Waals surface area contributed by atoms with Crippen LogP contribution in [0, 0.1) is 6.92 Å². The number of rotatable bonds is 4. The molecule has 0 bridgehead atoms. The van der Waals surface area contributed by atoms with Gasteiger partial charge in [-0.3, -0.25) is 4.90 Å². The van der Waals surface area contributed by atoms with Gasteiger partial charge in [-0.15, -0.1) is 0 Å². The summed E-state index contributed by atoms with van der Waals surface area (Å²) in [5.74, 6) is 0. The van der Waals surface area contributed by atoms with Crippen molar-refractivity contribution >= 4 is 17.3 Å². The molecule has 1 heterocycles. The van der Waals surface area contributed by atoms with E-state index in [2.05, 4.69) is 53.5 Å². The highest BCUT2D eigenvalue weighted by Crippen LogP contribution is 2.27. The molecule has 1 fully saturated rings. The topological polar surface area (TPSA) is 15.3 Å². The van der Waals surface area contributed by atoms with Crippen LogP contribution in [0.3, 0.4) is 0 Å². The molecule has 2 nitrogen and oxygen atoms in total. The smallest absolute Gasteiger partial charge is 0.0640 e. The van der Waals surface area contributed by atoms with E-state index < -0.39 is 0 Å². The second-order valence-electron chi connectivity index (χ2n) is 5.78. The van der Waals surface area contributed by atoms with Crippen molar-refractivity contribution in [3.63, 3.8) is 0 Å². The highest BCUT2D eigenvalue weighted by molar-refractivity contribution is 6.33. The van der Waals surface area contributed by atoms with Crippen LogP contribution in [-0.4, -0.2) is 24.0 Å². The summed E-state index contributed by atoms with van der Waals surface area (Å²) in [5, 5.41) is 4.44. The molecule has 2 aromatic rings. The van der Waals surface area contributed by atoms with Crippen LogP contribution in [0.1, 0.15) is 17.5 Å². The largest absolute Gasteiger partial charge is 0.380 e. The molecule has 1 saturated heterocycles. The molecule has 3 rings (SSSR count). The van der Waals surface area contributed by atoms with E-state index in [0.717, 1.165) is 36.8 Å². The maximum atomic E-state index is 6.30.